The summed E-state index contributed by atoms with van der Waals surface area (Å²) in [6.07, 6.45) is 2.95. The van der Waals surface area contributed by atoms with Gasteiger partial charge in [-0.25, -0.2) is 9.97 Å². The third-order valence-corrected chi connectivity index (χ3v) is 2.10. The van der Waals surface area contributed by atoms with Gasteiger partial charge in [0, 0.05) is 14.2 Å². The topological polar surface area (TPSA) is 76.1 Å². The first-order chi connectivity index (χ1) is 7.98. The van der Waals surface area contributed by atoms with Crippen LogP contribution in [0.1, 0.15) is 24.3 Å². The van der Waals surface area contributed by atoms with Gasteiger partial charge in [-0.3, -0.25) is 4.79 Å². The third kappa shape index (κ3) is 3.99. The zero-order chi connectivity index (χ0) is 12.9. The maximum atomic E-state index is 11.8. The van der Waals surface area contributed by atoms with E-state index in [1.165, 1.54) is 12.4 Å². The lowest BCUT2D eigenvalue weighted by atomic mass is 10.1. The van der Waals surface area contributed by atoms with Gasteiger partial charge in [0.25, 0.3) is 5.91 Å². The number of carbonyl (C=O) groups is 1. The summed E-state index contributed by atoms with van der Waals surface area (Å²) in [6.45, 7) is 4.19. The molecule has 2 N–H and O–H groups in total. The van der Waals surface area contributed by atoms with Gasteiger partial charge in [-0.1, -0.05) is 0 Å². The molecule has 1 rings (SSSR count). The normalized spacial score (nSPS) is 11.1. The van der Waals surface area contributed by atoms with Crippen molar-refractivity contribution in [2.45, 2.75) is 19.4 Å². The molecule has 0 spiro atoms. The first kappa shape index (κ1) is 13.4. The number of methoxy groups -OCH3 is 1. The highest BCUT2D eigenvalue weighted by Crippen LogP contribution is 2.05. The van der Waals surface area contributed by atoms with Crippen molar-refractivity contribution in [3.05, 3.63) is 18.1 Å². The Morgan fingerprint density at radius 3 is 2.59 bits per heavy atom. The largest absolute Gasteiger partial charge is 0.382 e. The number of hydrogen-bond acceptors (Lipinski definition) is 5. The first-order valence-corrected chi connectivity index (χ1v) is 5.30. The fourth-order valence-corrected chi connectivity index (χ4v) is 1.34. The van der Waals surface area contributed by atoms with E-state index in [1.54, 1.807) is 14.2 Å². The number of nitrogens with one attached hydrogen (secondary N) is 2. The maximum absolute atomic E-state index is 11.8. The molecule has 1 amide bonds. The Hall–Kier alpha value is -1.69. The van der Waals surface area contributed by atoms with Crippen LogP contribution in [-0.4, -0.2) is 42.2 Å². The number of anilines is 1. The lowest BCUT2D eigenvalue weighted by molar-refractivity contribution is 0.0815. The van der Waals surface area contributed by atoms with Gasteiger partial charge < -0.3 is 15.4 Å². The molecule has 0 aliphatic rings. The first-order valence-electron chi connectivity index (χ1n) is 5.30. The Bertz CT molecular complexity index is 376. The minimum Gasteiger partial charge on any atom is -0.382 e. The van der Waals surface area contributed by atoms with E-state index in [2.05, 4.69) is 20.6 Å². The average Bonchev–Trinajstić information content (AvgIpc) is 2.28. The molecule has 0 radical (unpaired) electrons. The third-order valence-electron chi connectivity index (χ3n) is 2.10. The number of aromatic nitrogens is 2. The number of hydrogen-bond donors (Lipinski definition) is 2. The van der Waals surface area contributed by atoms with Gasteiger partial charge in [0.1, 0.15) is 11.5 Å². The molecule has 0 saturated heterocycles. The highest BCUT2D eigenvalue weighted by atomic mass is 16.5. The second-order valence-corrected chi connectivity index (χ2v) is 4.31. The molecule has 0 fully saturated rings. The summed E-state index contributed by atoms with van der Waals surface area (Å²) in [6, 6.07) is 0. The molecule has 94 valence electrons. The van der Waals surface area contributed by atoms with Gasteiger partial charge in [0.2, 0.25) is 0 Å². The van der Waals surface area contributed by atoms with Crippen molar-refractivity contribution in [1.82, 2.24) is 15.3 Å². The average molecular weight is 238 g/mol. The van der Waals surface area contributed by atoms with E-state index in [4.69, 9.17) is 4.74 Å². The van der Waals surface area contributed by atoms with Crippen LogP contribution in [0, 0.1) is 0 Å². The second kappa shape index (κ2) is 5.58. The molecule has 1 heterocycles. The summed E-state index contributed by atoms with van der Waals surface area (Å²) in [7, 11) is 3.33. The molecule has 0 saturated carbocycles. The van der Waals surface area contributed by atoms with Crippen molar-refractivity contribution in [1.29, 1.82) is 0 Å². The van der Waals surface area contributed by atoms with Crippen LogP contribution in [0.15, 0.2) is 12.4 Å². The zero-order valence-corrected chi connectivity index (χ0v) is 10.6. The quantitative estimate of drug-likeness (QED) is 0.788. The molecular formula is C11H18N4O2. The summed E-state index contributed by atoms with van der Waals surface area (Å²) >= 11 is 0. The monoisotopic (exact) mass is 238 g/mol. The van der Waals surface area contributed by atoms with Crippen LogP contribution in [0.25, 0.3) is 0 Å². The molecule has 1 aromatic rings. The van der Waals surface area contributed by atoms with Crippen LogP contribution in [0.2, 0.25) is 0 Å². The lowest BCUT2D eigenvalue weighted by Crippen LogP contribution is -2.47. The van der Waals surface area contributed by atoms with Gasteiger partial charge in [0.05, 0.1) is 24.5 Å². The fourth-order valence-electron chi connectivity index (χ4n) is 1.34. The summed E-state index contributed by atoms with van der Waals surface area (Å²) in [5, 5.41) is 5.66. The highest BCUT2D eigenvalue weighted by Gasteiger charge is 2.21. The van der Waals surface area contributed by atoms with Crippen molar-refractivity contribution in [2.24, 2.45) is 0 Å². The highest BCUT2D eigenvalue weighted by molar-refractivity contribution is 5.92. The lowest BCUT2D eigenvalue weighted by Gasteiger charge is -2.24. The molecule has 6 nitrogen and oxygen atoms in total. The SMILES string of the molecule is CNc1cnc(C(=O)NC(C)(C)COC)cn1. The van der Waals surface area contributed by atoms with Crippen LogP contribution in [-0.2, 0) is 4.74 Å². The van der Waals surface area contributed by atoms with Crippen molar-refractivity contribution < 1.29 is 9.53 Å². The Morgan fingerprint density at radius 1 is 1.41 bits per heavy atom. The fraction of sp³-hybridized carbons (Fsp3) is 0.545. The Labute approximate surface area is 101 Å². The van der Waals surface area contributed by atoms with E-state index in [0.29, 0.717) is 12.4 Å². The van der Waals surface area contributed by atoms with Crippen molar-refractivity contribution >= 4 is 11.7 Å². The maximum Gasteiger partial charge on any atom is 0.271 e. The summed E-state index contributed by atoms with van der Waals surface area (Å²) in [5.74, 6) is 0.361. The number of ether oxygens (including phenoxy) is 1. The van der Waals surface area contributed by atoms with Crippen LogP contribution in [0.3, 0.4) is 0 Å². The smallest absolute Gasteiger partial charge is 0.271 e. The van der Waals surface area contributed by atoms with E-state index in [1.807, 2.05) is 13.8 Å². The van der Waals surface area contributed by atoms with Crippen LogP contribution >= 0.6 is 0 Å². The van der Waals surface area contributed by atoms with E-state index in [-0.39, 0.29) is 11.6 Å². The van der Waals surface area contributed by atoms with Gasteiger partial charge in [-0.05, 0) is 13.8 Å². The van der Waals surface area contributed by atoms with E-state index < -0.39 is 5.54 Å². The summed E-state index contributed by atoms with van der Waals surface area (Å²) in [4.78, 5) is 19.9. The van der Waals surface area contributed by atoms with Crippen molar-refractivity contribution in [3.63, 3.8) is 0 Å². The van der Waals surface area contributed by atoms with Crippen LogP contribution in [0.5, 0.6) is 0 Å². The molecule has 0 aromatic carbocycles. The van der Waals surface area contributed by atoms with Gasteiger partial charge in [-0.15, -0.1) is 0 Å². The number of carbonyl (C=O) groups excluding carboxylic acids is 1. The predicted octanol–water partition coefficient (Wildman–Crippen LogP) is 0.673. The van der Waals surface area contributed by atoms with Gasteiger partial charge >= 0.3 is 0 Å². The Balaban J connectivity index is 2.69. The number of rotatable bonds is 5. The predicted molar refractivity (Wildman–Crippen MR) is 65.0 cm³/mol. The van der Waals surface area contributed by atoms with Crippen molar-refractivity contribution in [3.8, 4) is 0 Å². The molecule has 0 aliphatic carbocycles. The van der Waals surface area contributed by atoms with E-state index in [9.17, 15) is 4.79 Å². The van der Waals surface area contributed by atoms with E-state index >= 15 is 0 Å². The molecule has 1 aromatic heterocycles. The molecule has 6 heteroatoms. The van der Waals surface area contributed by atoms with Crippen LogP contribution in [0.4, 0.5) is 5.82 Å². The van der Waals surface area contributed by atoms with Crippen molar-refractivity contribution in [2.75, 3.05) is 26.1 Å². The van der Waals surface area contributed by atoms with Gasteiger partial charge in [-0.2, -0.15) is 0 Å². The summed E-state index contributed by atoms with van der Waals surface area (Å²) < 4.78 is 5.02. The minimum atomic E-state index is -0.435. The number of nitrogens with zero attached hydrogens (tertiary/aromatic N) is 2. The summed E-state index contributed by atoms with van der Waals surface area (Å²) in [5.41, 5.74) is -0.150. The molecule has 0 atom stereocenters. The van der Waals surface area contributed by atoms with Crippen LogP contribution < -0.4 is 10.6 Å². The van der Waals surface area contributed by atoms with E-state index in [0.717, 1.165) is 0 Å². The molecular weight excluding hydrogens is 220 g/mol. The molecule has 0 unspecified atom stereocenters. The second-order valence-electron chi connectivity index (χ2n) is 4.31. The number of amides is 1. The zero-order valence-electron chi connectivity index (χ0n) is 10.6. The van der Waals surface area contributed by atoms with Gasteiger partial charge in [0.15, 0.2) is 0 Å². The molecule has 0 bridgehead atoms. The Kier molecular flexibility index (Phi) is 4.39. The molecule has 0 aliphatic heterocycles. The molecule has 17 heavy (non-hydrogen) atoms. The minimum absolute atomic E-state index is 0.262. The standard InChI is InChI=1S/C11H18N4O2/c1-11(2,7-17-4)15-10(16)8-5-14-9(12-3)6-13-8/h5-6H,7H2,1-4H3,(H,12,14)(H,15,16). The Morgan fingerprint density at radius 2 is 2.12 bits per heavy atom.